The number of hydrogen-bond acceptors (Lipinski definition) is 2. The van der Waals surface area contributed by atoms with Crippen molar-refractivity contribution in [3.63, 3.8) is 0 Å². The molecule has 104 valence electrons. The first-order chi connectivity index (χ1) is 8.87. The van der Waals surface area contributed by atoms with Crippen molar-refractivity contribution in [2.45, 2.75) is 45.7 Å². The quantitative estimate of drug-likeness (QED) is 0.905. The molecule has 1 aromatic carbocycles. The number of carboxylic acid groups (broad SMARTS) is 1. The molecule has 3 heteroatoms. The van der Waals surface area contributed by atoms with Crippen molar-refractivity contribution in [2.75, 3.05) is 6.54 Å². The van der Waals surface area contributed by atoms with Crippen LogP contribution in [-0.2, 0) is 11.3 Å². The standard InChI is InChI=1S/C16H23NO2/c1-12-4-6-13(7-5-12)10-17-11-14(8-15(18)19)9-16(17,2)3/h4-7,14H,8-11H2,1-3H3,(H,18,19). The summed E-state index contributed by atoms with van der Waals surface area (Å²) in [5.74, 6) is -0.407. The number of carboxylic acids is 1. The maximum atomic E-state index is 10.9. The van der Waals surface area contributed by atoms with E-state index in [9.17, 15) is 4.79 Å². The Morgan fingerprint density at radius 1 is 1.37 bits per heavy atom. The number of aryl methyl sites for hydroxylation is 1. The van der Waals surface area contributed by atoms with Crippen molar-refractivity contribution in [3.05, 3.63) is 35.4 Å². The molecule has 0 aliphatic carbocycles. The summed E-state index contributed by atoms with van der Waals surface area (Å²) in [7, 11) is 0. The number of carbonyl (C=O) groups is 1. The maximum absolute atomic E-state index is 10.9. The van der Waals surface area contributed by atoms with Crippen LogP contribution in [0.2, 0.25) is 0 Å². The fraction of sp³-hybridized carbons (Fsp3) is 0.562. The molecule has 1 unspecified atom stereocenters. The van der Waals surface area contributed by atoms with Gasteiger partial charge in [-0.3, -0.25) is 9.69 Å². The van der Waals surface area contributed by atoms with Crippen LogP contribution in [0.15, 0.2) is 24.3 Å². The van der Waals surface area contributed by atoms with Crippen LogP contribution < -0.4 is 0 Å². The van der Waals surface area contributed by atoms with Crippen LogP contribution in [0.4, 0.5) is 0 Å². The molecule has 0 amide bonds. The zero-order valence-electron chi connectivity index (χ0n) is 12.0. The van der Waals surface area contributed by atoms with Gasteiger partial charge < -0.3 is 5.11 Å². The summed E-state index contributed by atoms with van der Waals surface area (Å²) < 4.78 is 0. The van der Waals surface area contributed by atoms with Gasteiger partial charge in [-0.25, -0.2) is 0 Å². The molecule has 19 heavy (non-hydrogen) atoms. The number of aliphatic carboxylic acids is 1. The smallest absolute Gasteiger partial charge is 0.303 e. The van der Waals surface area contributed by atoms with E-state index >= 15 is 0 Å². The van der Waals surface area contributed by atoms with Gasteiger partial charge in [0.1, 0.15) is 0 Å². The second-order valence-electron chi connectivity index (χ2n) is 6.35. The molecule has 0 aromatic heterocycles. The lowest BCUT2D eigenvalue weighted by molar-refractivity contribution is -0.138. The second kappa shape index (κ2) is 5.33. The minimum Gasteiger partial charge on any atom is -0.481 e. The Hall–Kier alpha value is -1.35. The van der Waals surface area contributed by atoms with Gasteiger partial charge in [0.15, 0.2) is 0 Å². The summed E-state index contributed by atoms with van der Waals surface area (Å²) in [5.41, 5.74) is 2.66. The van der Waals surface area contributed by atoms with E-state index in [0.717, 1.165) is 19.5 Å². The van der Waals surface area contributed by atoms with Crippen molar-refractivity contribution < 1.29 is 9.90 Å². The van der Waals surface area contributed by atoms with Crippen molar-refractivity contribution in [1.29, 1.82) is 0 Å². The second-order valence-corrected chi connectivity index (χ2v) is 6.35. The average Bonchev–Trinajstić information content (AvgIpc) is 2.55. The van der Waals surface area contributed by atoms with Crippen LogP contribution in [0, 0.1) is 12.8 Å². The number of hydrogen-bond donors (Lipinski definition) is 1. The van der Waals surface area contributed by atoms with Crippen molar-refractivity contribution >= 4 is 5.97 Å². The van der Waals surface area contributed by atoms with Gasteiger partial charge >= 0.3 is 5.97 Å². The van der Waals surface area contributed by atoms with E-state index in [1.165, 1.54) is 11.1 Å². The largest absolute Gasteiger partial charge is 0.481 e. The van der Waals surface area contributed by atoms with E-state index in [1.807, 2.05) is 0 Å². The van der Waals surface area contributed by atoms with Gasteiger partial charge in [-0.15, -0.1) is 0 Å². The van der Waals surface area contributed by atoms with Crippen molar-refractivity contribution in [3.8, 4) is 0 Å². The maximum Gasteiger partial charge on any atom is 0.303 e. The highest BCUT2D eigenvalue weighted by Crippen LogP contribution is 2.35. The zero-order valence-corrected chi connectivity index (χ0v) is 12.0. The van der Waals surface area contributed by atoms with E-state index in [2.05, 4.69) is 49.9 Å². The molecular formula is C16H23NO2. The van der Waals surface area contributed by atoms with Crippen molar-refractivity contribution in [1.82, 2.24) is 4.90 Å². The number of nitrogens with zero attached hydrogens (tertiary/aromatic N) is 1. The van der Waals surface area contributed by atoms with E-state index in [4.69, 9.17) is 5.11 Å². The van der Waals surface area contributed by atoms with Crippen molar-refractivity contribution in [2.24, 2.45) is 5.92 Å². The molecule has 0 spiro atoms. The lowest BCUT2D eigenvalue weighted by Gasteiger charge is -2.31. The fourth-order valence-corrected chi connectivity index (χ4v) is 3.04. The SMILES string of the molecule is Cc1ccc(CN2CC(CC(=O)O)CC2(C)C)cc1. The molecular weight excluding hydrogens is 238 g/mol. The fourth-order valence-electron chi connectivity index (χ4n) is 3.04. The van der Waals surface area contributed by atoms with Crippen LogP contribution in [-0.4, -0.2) is 28.1 Å². The molecule has 1 aliphatic heterocycles. The Balaban J connectivity index is 2.03. The first-order valence-electron chi connectivity index (χ1n) is 6.89. The Labute approximate surface area is 115 Å². The highest BCUT2D eigenvalue weighted by atomic mass is 16.4. The summed E-state index contributed by atoms with van der Waals surface area (Å²) in [6.07, 6.45) is 1.25. The van der Waals surface area contributed by atoms with Crippen LogP contribution in [0.3, 0.4) is 0 Å². The summed E-state index contributed by atoms with van der Waals surface area (Å²) in [5, 5.41) is 8.93. The molecule has 1 N–H and O–H groups in total. The normalized spacial score (nSPS) is 22.6. The van der Waals surface area contributed by atoms with Crippen LogP contribution in [0.1, 0.15) is 37.8 Å². The lowest BCUT2D eigenvalue weighted by atomic mass is 9.94. The zero-order chi connectivity index (χ0) is 14.0. The highest BCUT2D eigenvalue weighted by Gasteiger charge is 2.38. The lowest BCUT2D eigenvalue weighted by Crippen LogP contribution is -2.37. The number of benzene rings is 1. The highest BCUT2D eigenvalue weighted by molar-refractivity contribution is 5.67. The molecule has 0 radical (unpaired) electrons. The molecule has 2 rings (SSSR count). The topological polar surface area (TPSA) is 40.5 Å². The molecule has 1 atom stereocenters. The predicted molar refractivity (Wildman–Crippen MR) is 76.0 cm³/mol. The van der Waals surface area contributed by atoms with E-state index in [-0.39, 0.29) is 17.9 Å². The van der Waals surface area contributed by atoms with E-state index < -0.39 is 5.97 Å². The van der Waals surface area contributed by atoms with Crippen LogP contribution in [0.25, 0.3) is 0 Å². The van der Waals surface area contributed by atoms with Gasteiger partial charge in [0.2, 0.25) is 0 Å². The molecule has 1 heterocycles. The van der Waals surface area contributed by atoms with Crippen LogP contribution >= 0.6 is 0 Å². The Bertz CT molecular complexity index is 450. The van der Waals surface area contributed by atoms with Gasteiger partial charge in [-0.05, 0) is 38.7 Å². The third-order valence-corrected chi connectivity index (χ3v) is 4.08. The van der Waals surface area contributed by atoms with Crippen LogP contribution in [0.5, 0.6) is 0 Å². The molecule has 1 saturated heterocycles. The minimum atomic E-state index is -0.682. The van der Waals surface area contributed by atoms with Gasteiger partial charge in [0, 0.05) is 25.0 Å². The third kappa shape index (κ3) is 3.57. The Morgan fingerprint density at radius 3 is 2.58 bits per heavy atom. The average molecular weight is 261 g/mol. The summed E-state index contributed by atoms with van der Waals surface area (Å²) in [6.45, 7) is 8.30. The summed E-state index contributed by atoms with van der Waals surface area (Å²) in [4.78, 5) is 13.3. The summed E-state index contributed by atoms with van der Waals surface area (Å²) >= 11 is 0. The molecule has 1 aliphatic rings. The monoisotopic (exact) mass is 261 g/mol. The third-order valence-electron chi connectivity index (χ3n) is 4.08. The van der Waals surface area contributed by atoms with Gasteiger partial charge in [0.05, 0.1) is 0 Å². The van der Waals surface area contributed by atoms with E-state index in [1.54, 1.807) is 0 Å². The minimum absolute atomic E-state index is 0.0883. The molecule has 1 fully saturated rings. The molecule has 0 saturated carbocycles. The molecule has 3 nitrogen and oxygen atoms in total. The Kier molecular flexibility index (Phi) is 3.95. The Morgan fingerprint density at radius 2 is 2.00 bits per heavy atom. The van der Waals surface area contributed by atoms with E-state index in [0.29, 0.717) is 0 Å². The summed E-state index contributed by atoms with van der Waals surface area (Å²) in [6, 6.07) is 8.59. The van der Waals surface area contributed by atoms with Gasteiger partial charge in [-0.1, -0.05) is 29.8 Å². The molecule has 1 aromatic rings. The first kappa shape index (κ1) is 14.1. The number of rotatable bonds is 4. The number of likely N-dealkylation sites (tertiary alicyclic amines) is 1. The molecule has 0 bridgehead atoms. The van der Waals surface area contributed by atoms with Gasteiger partial charge in [0.25, 0.3) is 0 Å². The predicted octanol–water partition coefficient (Wildman–Crippen LogP) is 3.07. The van der Waals surface area contributed by atoms with Gasteiger partial charge in [-0.2, -0.15) is 0 Å². The first-order valence-corrected chi connectivity index (χ1v) is 6.89.